The first-order valence-electron chi connectivity index (χ1n) is 12.2. The number of rotatable bonds is 2. The van der Waals surface area contributed by atoms with Crippen molar-refractivity contribution in [2.45, 2.75) is 38.6 Å². The average Bonchev–Trinajstić information content (AvgIpc) is 3.54. The smallest absolute Gasteiger partial charge is 0.254 e. The van der Waals surface area contributed by atoms with E-state index in [1.54, 1.807) is 17.4 Å². The summed E-state index contributed by atoms with van der Waals surface area (Å²) in [6.07, 6.45) is 0.466. The number of aromatic nitrogens is 2. The maximum atomic E-state index is 14.1. The van der Waals surface area contributed by atoms with E-state index in [4.69, 9.17) is 10.5 Å². The fourth-order valence-corrected chi connectivity index (χ4v) is 6.37. The van der Waals surface area contributed by atoms with E-state index < -0.39 is 0 Å². The SMILES string of the molecule is CC1OCc2c1c(N)nc1ccc(C(=O)N3Cc4cc(F)ccc4CC3c3ccc4scnc4c3)cc21. The van der Waals surface area contributed by atoms with Gasteiger partial charge in [0.15, 0.2) is 0 Å². The van der Waals surface area contributed by atoms with Crippen molar-refractivity contribution in [1.82, 2.24) is 14.9 Å². The highest BCUT2D eigenvalue weighted by molar-refractivity contribution is 7.16. The average molecular weight is 511 g/mol. The quantitative estimate of drug-likeness (QED) is 0.311. The van der Waals surface area contributed by atoms with Gasteiger partial charge in [0.1, 0.15) is 11.6 Å². The van der Waals surface area contributed by atoms with Crippen molar-refractivity contribution >= 4 is 44.2 Å². The first-order chi connectivity index (χ1) is 18.0. The molecule has 0 saturated heterocycles. The largest absolute Gasteiger partial charge is 0.383 e. The first kappa shape index (κ1) is 22.3. The number of nitrogen functional groups attached to an aromatic ring is 1. The summed E-state index contributed by atoms with van der Waals surface area (Å²) in [4.78, 5) is 25.0. The molecule has 37 heavy (non-hydrogen) atoms. The normalized spacial score (nSPS) is 18.8. The lowest BCUT2D eigenvalue weighted by atomic mass is 9.89. The molecule has 184 valence electrons. The number of thiazole rings is 1. The third-order valence-electron chi connectivity index (χ3n) is 7.59. The zero-order valence-corrected chi connectivity index (χ0v) is 20.9. The summed E-state index contributed by atoms with van der Waals surface area (Å²) in [5.41, 5.74) is 15.0. The van der Waals surface area contributed by atoms with E-state index in [1.807, 2.05) is 35.5 Å². The number of pyridine rings is 1. The van der Waals surface area contributed by atoms with E-state index in [0.717, 1.165) is 48.9 Å². The van der Waals surface area contributed by atoms with Crippen LogP contribution in [0.25, 0.3) is 21.1 Å². The van der Waals surface area contributed by atoms with Crippen LogP contribution in [0.2, 0.25) is 0 Å². The lowest BCUT2D eigenvalue weighted by Crippen LogP contribution is -2.39. The standard InChI is InChI=1S/C29H23FN4O2S/c1-15-27-22(13-36-15)21-9-18(3-6-23(21)33-28(27)31)29(35)34-12-19-8-20(30)5-2-16(19)11-25(34)17-4-7-26-24(10-17)32-14-37-26/h2-10,14-15,25H,11-13H2,1H3,(H2,31,33). The van der Waals surface area contributed by atoms with Crippen LogP contribution in [-0.2, 0) is 24.3 Å². The lowest BCUT2D eigenvalue weighted by molar-refractivity contribution is 0.0637. The summed E-state index contributed by atoms with van der Waals surface area (Å²) in [7, 11) is 0. The van der Waals surface area contributed by atoms with Crippen LogP contribution in [0, 0.1) is 5.82 Å². The molecule has 0 radical (unpaired) electrons. The molecule has 2 atom stereocenters. The number of nitrogens with two attached hydrogens (primary N) is 1. The number of halogens is 1. The van der Waals surface area contributed by atoms with Gasteiger partial charge in [-0.3, -0.25) is 4.79 Å². The van der Waals surface area contributed by atoms with Crippen LogP contribution < -0.4 is 5.73 Å². The maximum Gasteiger partial charge on any atom is 0.254 e. The minimum Gasteiger partial charge on any atom is -0.383 e. The van der Waals surface area contributed by atoms with E-state index in [1.165, 1.54) is 12.1 Å². The van der Waals surface area contributed by atoms with Crippen LogP contribution in [0.3, 0.4) is 0 Å². The lowest BCUT2D eigenvalue weighted by Gasteiger charge is -2.37. The fourth-order valence-electron chi connectivity index (χ4n) is 5.71. The molecular weight excluding hydrogens is 487 g/mol. The molecule has 6 nitrogen and oxygen atoms in total. The number of nitrogens with zero attached hydrogens (tertiary/aromatic N) is 3. The van der Waals surface area contributed by atoms with Crippen molar-refractivity contribution in [3.8, 4) is 0 Å². The van der Waals surface area contributed by atoms with E-state index in [2.05, 4.69) is 28.2 Å². The Kier molecular flexibility index (Phi) is 5.02. The van der Waals surface area contributed by atoms with Gasteiger partial charge in [0, 0.05) is 23.1 Å². The second-order valence-electron chi connectivity index (χ2n) is 9.72. The molecule has 5 aromatic rings. The highest BCUT2D eigenvalue weighted by Gasteiger charge is 2.33. The monoisotopic (exact) mass is 510 g/mol. The Morgan fingerprint density at radius 3 is 2.89 bits per heavy atom. The highest BCUT2D eigenvalue weighted by atomic mass is 32.1. The molecule has 0 saturated carbocycles. The fraction of sp³-hybridized carbons (Fsp3) is 0.207. The minimum absolute atomic E-state index is 0.113. The Balaban J connectivity index is 1.34. The molecule has 3 aromatic carbocycles. The zero-order chi connectivity index (χ0) is 25.3. The van der Waals surface area contributed by atoms with Gasteiger partial charge < -0.3 is 15.4 Å². The topological polar surface area (TPSA) is 81.3 Å². The van der Waals surface area contributed by atoms with Crippen molar-refractivity contribution < 1.29 is 13.9 Å². The van der Waals surface area contributed by atoms with Crippen LogP contribution >= 0.6 is 11.3 Å². The Hall–Kier alpha value is -3.88. The van der Waals surface area contributed by atoms with Crippen molar-refractivity contribution in [1.29, 1.82) is 0 Å². The zero-order valence-electron chi connectivity index (χ0n) is 20.1. The van der Waals surface area contributed by atoms with Gasteiger partial charge in [-0.15, -0.1) is 11.3 Å². The Bertz CT molecular complexity index is 1730. The summed E-state index contributed by atoms with van der Waals surface area (Å²) in [6.45, 7) is 2.71. The third-order valence-corrected chi connectivity index (χ3v) is 8.40. The molecule has 0 bridgehead atoms. The van der Waals surface area contributed by atoms with E-state index in [-0.39, 0.29) is 23.9 Å². The molecule has 2 N–H and O–H groups in total. The third kappa shape index (κ3) is 3.59. The Morgan fingerprint density at radius 2 is 2.00 bits per heavy atom. The molecule has 8 heteroatoms. The van der Waals surface area contributed by atoms with Crippen LogP contribution in [-0.4, -0.2) is 20.8 Å². The molecule has 2 aliphatic rings. The predicted octanol–water partition coefficient (Wildman–Crippen LogP) is 6.10. The molecule has 2 aromatic heterocycles. The van der Waals surface area contributed by atoms with Gasteiger partial charge in [-0.1, -0.05) is 12.1 Å². The number of hydrogen-bond donors (Lipinski definition) is 1. The summed E-state index contributed by atoms with van der Waals surface area (Å²) in [5, 5.41) is 0.878. The van der Waals surface area contributed by atoms with Gasteiger partial charge in [0.2, 0.25) is 0 Å². The van der Waals surface area contributed by atoms with Crippen molar-refractivity contribution in [2.75, 3.05) is 5.73 Å². The number of carbonyl (C=O) groups excluding carboxylic acids is 1. The Labute approximate surface area is 216 Å². The summed E-state index contributed by atoms with van der Waals surface area (Å²) < 4.78 is 21.1. The van der Waals surface area contributed by atoms with Gasteiger partial charge in [0.25, 0.3) is 5.91 Å². The molecule has 7 rings (SSSR count). The first-order valence-corrected chi connectivity index (χ1v) is 13.1. The number of amides is 1. The minimum atomic E-state index is -0.299. The molecule has 1 amide bonds. The second-order valence-corrected chi connectivity index (χ2v) is 10.6. The van der Waals surface area contributed by atoms with Crippen molar-refractivity contribution in [3.63, 3.8) is 0 Å². The molecule has 0 fully saturated rings. The Morgan fingerprint density at radius 1 is 1.11 bits per heavy atom. The van der Waals surface area contributed by atoms with Gasteiger partial charge in [-0.05, 0) is 78.1 Å². The van der Waals surface area contributed by atoms with Crippen molar-refractivity contribution in [2.24, 2.45) is 0 Å². The van der Waals surface area contributed by atoms with Gasteiger partial charge in [0.05, 0.1) is 40.0 Å². The van der Waals surface area contributed by atoms with Crippen LogP contribution in [0.5, 0.6) is 0 Å². The summed E-state index contributed by atoms with van der Waals surface area (Å²) in [5.74, 6) is 0.0593. The molecule has 0 aliphatic carbocycles. The number of benzene rings is 3. The molecule has 2 unspecified atom stereocenters. The molecule has 4 heterocycles. The highest BCUT2D eigenvalue weighted by Crippen LogP contribution is 2.40. The van der Waals surface area contributed by atoms with Crippen molar-refractivity contribution in [3.05, 3.63) is 99.3 Å². The van der Waals surface area contributed by atoms with Gasteiger partial charge in [-0.2, -0.15) is 0 Å². The van der Waals surface area contributed by atoms with E-state index in [0.29, 0.717) is 31.0 Å². The van der Waals surface area contributed by atoms with E-state index >= 15 is 0 Å². The van der Waals surface area contributed by atoms with Gasteiger partial charge in [-0.25, -0.2) is 14.4 Å². The molecule has 2 aliphatic heterocycles. The number of fused-ring (bicyclic) bond motifs is 5. The predicted molar refractivity (Wildman–Crippen MR) is 142 cm³/mol. The molecular formula is C29H23FN4O2S. The molecule has 0 spiro atoms. The van der Waals surface area contributed by atoms with Crippen LogP contribution in [0.15, 0.2) is 60.1 Å². The summed E-state index contributed by atoms with van der Waals surface area (Å²) >= 11 is 1.59. The van der Waals surface area contributed by atoms with Crippen LogP contribution in [0.1, 0.15) is 57.2 Å². The van der Waals surface area contributed by atoms with E-state index in [9.17, 15) is 9.18 Å². The van der Waals surface area contributed by atoms with Crippen LogP contribution in [0.4, 0.5) is 10.2 Å². The number of hydrogen-bond acceptors (Lipinski definition) is 6. The number of carbonyl (C=O) groups is 1. The second kappa shape index (κ2) is 8.33. The summed E-state index contributed by atoms with van der Waals surface area (Å²) in [6, 6.07) is 16.4. The number of ether oxygens (including phenoxy) is 1. The van der Waals surface area contributed by atoms with Gasteiger partial charge >= 0.3 is 0 Å². The number of anilines is 1. The maximum absolute atomic E-state index is 14.1.